The molecule has 0 rings (SSSR count). The van der Waals surface area contributed by atoms with Gasteiger partial charge >= 0.3 is 0 Å². The Balaban J connectivity index is 4.63. The first-order chi connectivity index (χ1) is 5.98. The fourth-order valence-electron chi connectivity index (χ4n) is 1.56. The molecule has 0 aliphatic carbocycles. The molecule has 2 unspecified atom stereocenters. The SMILES string of the molecule is C=CCC(C=C)(CC(C)O)N(C)C. The highest BCUT2D eigenvalue weighted by Gasteiger charge is 2.28. The molecule has 0 aromatic rings. The van der Waals surface area contributed by atoms with Gasteiger partial charge in [-0.05, 0) is 33.9 Å². The van der Waals surface area contributed by atoms with Crippen LogP contribution in [0, 0.1) is 0 Å². The maximum Gasteiger partial charge on any atom is 0.0533 e. The molecule has 0 fully saturated rings. The van der Waals surface area contributed by atoms with Crippen molar-refractivity contribution in [1.82, 2.24) is 4.90 Å². The molecule has 0 bridgehead atoms. The fraction of sp³-hybridized carbons (Fsp3) is 0.636. The Bertz CT molecular complexity index is 175. The summed E-state index contributed by atoms with van der Waals surface area (Å²) in [7, 11) is 3.99. The van der Waals surface area contributed by atoms with Gasteiger partial charge in [-0.1, -0.05) is 12.2 Å². The van der Waals surface area contributed by atoms with Gasteiger partial charge in [0.25, 0.3) is 0 Å². The standard InChI is InChI=1S/C11H21NO/c1-6-8-11(7-2,12(4)5)9-10(3)13/h6-7,10,13H,1-2,8-9H2,3-5H3. The molecule has 76 valence electrons. The molecule has 0 spiro atoms. The Morgan fingerprint density at radius 3 is 2.23 bits per heavy atom. The Kier molecular flexibility index (Phi) is 4.96. The van der Waals surface area contributed by atoms with Gasteiger partial charge < -0.3 is 5.11 Å². The minimum absolute atomic E-state index is 0.157. The van der Waals surface area contributed by atoms with E-state index in [1.165, 1.54) is 0 Å². The third kappa shape index (κ3) is 3.33. The summed E-state index contributed by atoms with van der Waals surface area (Å²) in [5.41, 5.74) is -0.157. The zero-order valence-electron chi connectivity index (χ0n) is 8.95. The summed E-state index contributed by atoms with van der Waals surface area (Å²) in [6.07, 6.45) is 4.94. The summed E-state index contributed by atoms with van der Waals surface area (Å²) in [6, 6.07) is 0. The molecular formula is C11H21NO. The van der Waals surface area contributed by atoms with Crippen molar-refractivity contribution in [2.24, 2.45) is 0 Å². The minimum atomic E-state index is -0.319. The van der Waals surface area contributed by atoms with Gasteiger partial charge in [-0.15, -0.1) is 13.2 Å². The van der Waals surface area contributed by atoms with E-state index in [0.717, 1.165) is 6.42 Å². The smallest absolute Gasteiger partial charge is 0.0533 e. The van der Waals surface area contributed by atoms with Crippen LogP contribution in [0.1, 0.15) is 19.8 Å². The van der Waals surface area contributed by atoms with Crippen molar-refractivity contribution in [2.75, 3.05) is 14.1 Å². The van der Waals surface area contributed by atoms with Gasteiger partial charge in [0.1, 0.15) is 0 Å². The molecule has 2 heteroatoms. The van der Waals surface area contributed by atoms with Gasteiger partial charge in [-0.2, -0.15) is 0 Å². The van der Waals surface area contributed by atoms with Crippen LogP contribution in [0.5, 0.6) is 0 Å². The van der Waals surface area contributed by atoms with Crippen LogP contribution in [0.2, 0.25) is 0 Å². The lowest BCUT2D eigenvalue weighted by molar-refractivity contribution is 0.101. The van der Waals surface area contributed by atoms with Gasteiger partial charge in [-0.25, -0.2) is 0 Å². The van der Waals surface area contributed by atoms with Crippen LogP contribution in [-0.4, -0.2) is 35.7 Å². The average molecular weight is 183 g/mol. The fourth-order valence-corrected chi connectivity index (χ4v) is 1.56. The molecule has 0 radical (unpaired) electrons. The van der Waals surface area contributed by atoms with Gasteiger partial charge in [0.2, 0.25) is 0 Å². The Labute approximate surface area is 81.6 Å². The number of nitrogens with zero attached hydrogens (tertiary/aromatic N) is 1. The largest absolute Gasteiger partial charge is 0.393 e. The van der Waals surface area contributed by atoms with Gasteiger partial charge in [0, 0.05) is 5.54 Å². The maximum absolute atomic E-state index is 9.39. The molecule has 0 aliphatic heterocycles. The van der Waals surface area contributed by atoms with Gasteiger partial charge in [-0.3, -0.25) is 4.90 Å². The van der Waals surface area contributed by atoms with Crippen molar-refractivity contribution in [2.45, 2.75) is 31.4 Å². The van der Waals surface area contributed by atoms with Crippen LogP contribution in [-0.2, 0) is 0 Å². The number of likely N-dealkylation sites (N-methyl/N-ethyl adjacent to an activating group) is 1. The van der Waals surface area contributed by atoms with E-state index in [-0.39, 0.29) is 11.6 Å². The highest BCUT2D eigenvalue weighted by molar-refractivity contribution is 5.06. The van der Waals surface area contributed by atoms with Crippen LogP contribution in [0.3, 0.4) is 0 Å². The molecule has 0 saturated heterocycles. The van der Waals surface area contributed by atoms with E-state index in [0.29, 0.717) is 6.42 Å². The third-order valence-corrected chi connectivity index (χ3v) is 2.42. The lowest BCUT2D eigenvalue weighted by Crippen LogP contribution is -2.44. The van der Waals surface area contributed by atoms with Gasteiger partial charge in [0.05, 0.1) is 6.10 Å². The minimum Gasteiger partial charge on any atom is -0.393 e. The predicted octanol–water partition coefficient (Wildman–Crippen LogP) is 1.82. The van der Waals surface area contributed by atoms with Crippen LogP contribution in [0.4, 0.5) is 0 Å². The lowest BCUT2D eigenvalue weighted by atomic mass is 9.88. The van der Waals surface area contributed by atoms with E-state index in [2.05, 4.69) is 18.1 Å². The second-order valence-electron chi connectivity index (χ2n) is 3.75. The first-order valence-corrected chi connectivity index (χ1v) is 4.58. The van der Waals surface area contributed by atoms with Crippen molar-refractivity contribution in [1.29, 1.82) is 0 Å². The number of aliphatic hydroxyl groups is 1. The third-order valence-electron chi connectivity index (χ3n) is 2.42. The second kappa shape index (κ2) is 5.20. The second-order valence-corrected chi connectivity index (χ2v) is 3.75. The molecule has 13 heavy (non-hydrogen) atoms. The lowest BCUT2D eigenvalue weighted by Gasteiger charge is -2.37. The zero-order chi connectivity index (χ0) is 10.5. The molecule has 0 aliphatic rings. The summed E-state index contributed by atoms with van der Waals surface area (Å²) in [5.74, 6) is 0. The zero-order valence-corrected chi connectivity index (χ0v) is 8.95. The summed E-state index contributed by atoms with van der Waals surface area (Å²) < 4.78 is 0. The average Bonchev–Trinajstić information content (AvgIpc) is 2.02. The number of hydrogen-bond acceptors (Lipinski definition) is 2. The first-order valence-electron chi connectivity index (χ1n) is 4.58. The molecule has 0 heterocycles. The molecule has 0 saturated carbocycles. The molecule has 0 aromatic heterocycles. The first kappa shape index (κ1) is 12.4. The number of rotatable bonds is 6. The van der Waals surface area contributed by atoms with Crippen molar-refractivity contribution in [3.05, 3.63) is 25.3 Å². The molecular weight excluding hydrogens is 162 g/mol. The van der Waals surface area contributed by atoms with E-state index >= 15 is 0 Å². The Hall–Kier alpha value is -0.600. The van der Waals surface area contributed by atoms with E-state index in [1.807, 2.05) is 26.2 Å². The highest BCUT2D eigenvalue weighted by Crippen LogP contribution is 2.25. The van der Waals surface area contributed by atoms with Crippen molar-refractivity contribution in [3.63, 3.8) is 0 Å². The molecule has 0 amide bonds. The number of aliphatic hydroxyl groups excluding tert-OH is 1. The normalized spacial score (nSPS) is 17.9. The van der Waals surface area contributed by atoms with Crippen LogP contribution in [0.15, 0.2) is 25.3 Å². The van der Waals surface area contributed by atoms with E-state index in [4.69, 9.17) is 0 Å². The highest BCUT2D eigenvalue weighted by atomic mass is 16.3. The Morgan fingerprint density at radius 1 is 1.46 bits per heavy atom. The van der Waals surface area contributed by atoms with E-state index in [1.54, 1.807) is 6.92 Å². The predicted molar refractivity (Wildman–Crippen MR) is 57.7 cm³/mol. The summed E-state index contributed by atoms with van der Waals surface area (Å²) >= 11 is 0. The van der Waals surface area contributed by atoms with Crippen LogP contribution < -0.4 is 0 Å². The monoisotopic (exact) mass is 183 g/mol. The number of hydrogen-bond donors (Lipinski definition) is 1. The quantitative estimate of drug-likeness (QED) is 0.635. The summed E-state index contributed by atoms with van der Waals surface area (Å²) in [5, 5.41) is 9.39. The van der Waals surface area contributed by atoms with Gasteiger partial charge in [0.15, 0.2) is 0 Å². The van der Waals surface area contributed by atoms with Crippen LogP contribution >= 0.6 is 0 Å². The Morgan fingerprint density at radius 2 is 2.00 bits per heavy atom. The maximum atomic E-state index is 9.39. The van der Waals surface area contributed by atoms with Crippen molar-refractivity contribution < 1.29 is 5.11 Å². The summed E-state index contributed by atoms with van der Waals surface area (Å²) in [4.78, 5) is 2.08. The van der Waals surface area contributed by atoms with Crippen molar-refractivity contribution >= 4 is 0 Å². The molecule has 1 N–H and O–H groups in total. The summed E-state index contributed by atoms with van der Waals surface area (Å²) in [6.45, 7) is 9.35. The molecule has 2 atom stereocenters. The topological polar surface area (TPSA) is 23.5 Å². The molecule has 2 nitrogen and oxygen atoms in total. The van der Waals surface area contributed by atoms with Crippen LogP contribution in [0.25, 0.3) is 0 Å². The molecule has 0 aromatic carbocycles. The van der Waals surface area contributed by atoms with Crippen molar-refractivity contribution in [3.8, 4) is 0 Å². The van der Waals surface area contributed by atoms with E-state index in [9.17, 15) is 5.11 Å². The van der Waals surface area contributed by atoms with E-state index < -0.39 is 0 Å².